The van der Waals surface area contributed by atoms with Crippen LogP contribution in [0.4, 0.5) is 15.9 Å². The summed E-state index contributed by atoms with van der Waals surface area (Å²) in [5, 5.41) is 12.5. The third kappa shape index (κ3) is 5.02. The van der Waals surface area contributed by atoms with Crippen molar-refractivity contribution in [2.45, 2.75) is 26.4 Å². The lowest BCUT2D eigenvalue weighted by molar-refractivity contribution is 0.102. The van der Waals surface area contributed by atoms with Crippen LogP contribution in [0, 0.1) is 18.3 Å². The summed E-state index contributed by atoms with van der Waals surface area (Å²) in [5.41, 5.74) is 1.98. The van der Waals surface area contributed by atoms with Gasteiger partial charge in [0.15, 0.2) is 0 Å². The molecule has 174 valence electrons. The maximum Gasteiger partial charge on any atom is 0.274 e. The van der Waals surface area contributed by atoms with E-state index in [1.54, 1.807) is 30.6 Å². The summed E-state index contributed by atoms with van der Waals surface area (Å²) < 4.78 is 19.7. The first-order valence-electron chi connectivity index (χ1n) is 10.9. The number of aromatic nitrogens is 3. The number of ether oxygens (including phenoxy) is 1. The quantitative estimate of drug-likeness (QED) is 0.613. The van der Waals surface area contributed by atoms with Gasteiger partial charge in [0.05, 0.1) is 30.7 Å². The first kappa shape index (κ1) is 23.3. The highest BCUT2D eigenvalue weighted by Gasteiger charge is 2.21. The van der Waals surface area contributed by atoms with E-state index in [0.29, 0.717) is 54.5 Å². The fourth-order valence-corrected chi connectivity index (χ4v) is 3.73. The van der Waals surface area contributed by atoms with Gasteiger partial charge in [-0.2, -0.15) is 5.26 Å². The Labute approximate surface area is 197 Å². The lowest BCUT2D eigenvalue weighted by Crippen LogP contribution is -2.37. The minimum Gasteiger partial charge on any atom is -0.378 e. The molecule has 3 aromatic heterocycles. The summed E-state index contributed by atoms with van der Waals surface area (Å²) in [4.78, 5) is 27.8. The Kier molecular flexibility index (Phi) is 6.52. The van der Waals surface area contributed by atoms with E-state index in [2.05, 4.69) is 26.3 Å². The van der Waals surface area contributed by atoms with Crippen LogP contribution >= 0.6 is 0 Å². The van der Waals surface area contributed by atoms with Crippen molar-refractivity contribution < 1.29 is 13.9 Å². The van der Waals surface area contributed by atoms with E-state index in [9.17, 15) is 14.4 Å². The predicted molar refractivity (Wildman–Crippen MR) is 126 cm³/mol. The Hall–Kier alpha value is -3.90. The Bertz CT molecular complexity index is 1260. The molecule has 1 fully saturated rings. The topological polar surface area (TPSA) is 104 Å². The number of aryl methyl sites for hydroxylation is 1. The van der Waals surface area contributed by atoms with Crippen molar-refractivity contribution >= 4 is 17.4 Å². The second-order valence-electron chi connectivity index (χ2n) is 8.52. The van der Waals surface area contributed by atoms with Gasteiger partial charge < -0.3 is 15.0 Å². The number of carbonyl (C=O) groups excluding carboxylic acids is 1. The number of rotatable bonds is 5. The number of anilines is 2. The molecule has 4 rings (SSSR count). The van der Waals surface area contributed by atoms with Crippen molar-refractivity contribution in [1.82, 2.24) is 15.0 Å². The van der Waals surface area contributed by atoms with Gasteiger partial charge in [0.1, 0.15) is 23.2 Å². The molecule has 1 amide bonds. The second-order valence-corrected chi connectivity index (χ2v) is 8.52. The summed E-state index contributed by atoms with van der Waals surface area (Å²) >= 11 is 0. The van der Waals surface area contributed by atoms with E-state index in [4.69, 9.17) is 4.74 Å². The van der Waals surface area contributed by atoms with E-state index >= 15 is 0 Å². The molecular formula is C25H25FN6O2. The smallest absolute Gasteiger partial charge is 0.274 e. The van der Waals surface area contributed by atoms with Crippen molar-refractivity contribution in [3.63, 3.8) is 0 Å². The third-order valence-corrected chi connectivity index (χ3v) is 5.63. The number of pyridine rings is 3. The summed E-state index contributed by atoms with van der Waals surface area (Å²) in [6.07, 6.45) is 4.66. The van der Waals surface area contributed by atoms with E-state index in [1.807, 2.05) is 11.8 Å². The zero-order valence-corrected chi connectivity index (χ0v) is 19.3. The predicted octanol–water partition coefficient (Wildman–Crippen LogP) is 4.01. The average molecular weight is 461 g/mol. The number of nitriles is 1. The molecule has 0 aliphatic carbocycles. The van der Waals surface area contributed by atoms with E-state index in [1.165, 1.54) is 26.1 Å². The largest absolute Gasteiger partial charge is 0.378 e. The molecular weight excluding hydrogens is 435 g/mol. The number of hydrogen-bond acceptors (Lipinski definition) is 7. The molecule has 34 heavy (non-hydrogen) atoms. The lowest BCUT2D eigenvalue weighted by atomic mass is 10.0. The summed E-state index contributed by atoms with van der Waals surface area (Å²) in [7, 11) is 0. The first-order valence-corrected chi connectivity index (χ1v) is 10.9. The first-order chi connectivity index (χ1) is 16.3. The highest BCUT2D eigenvalue weighted by molar-refractivity contribution is 6.03. The van der Waals surface area contributed by atoms with Gasteiger partial charge >= 0.3 is 0 Å². The molecule has 8 nitrogen and oxygen atoms in total. The number of alkyl halides is 1. The minimum atomic E-state index is -1.59. The molecule has 9 heteroatoms. The number of carbonyl (C=O) groups is 1. The van der Waals surface area contributed by atoms with Crippen molar-refractivity contribution in [3.05, 3.63) is 65.4 Å². The van der Waals surface area contributed by atoms with Crippen molar-refractivity contribution in [2.75, 3.05) is 36.5 Å². The Balaban J connectivity index is 1.60. The zero-order valence-electron chi connectivity index (χ0n) is 19.3. The average Bonchev–Trinajstić information content (AvgIpc) is 2.85. The van der Waals surface area contributed by atoms with E-state index in [-0.39, 0.29) is 5.69 Å². The monoisotopic (exact) mass is 460 g/mol. The number of nitrogens with zero attached hydrogens (tertiary/aromatic N) is 5. The van der Waals surface area contributed by atoms with Gasteiger partial charge in [0.25, 0.3) is 5.91 Å². The van der Waals surface area contributed by atoms with Gasteiger partial charge in [0, 0.05) is 42.3 Å². The molecule has 4 heterocycles. The van der Waals surface area contributed by atoms with Crippen LogP contribution in [-0.4, -0.2) is 47.2 Å². The molecule has 1 aliphatic rings. The number of morpholine rings is 1. The fraction of sp³-hybridized carbons (Fsp3) is 0.320. The summed E-state index contributed by atoms with van der Waals surface area (Å²) in [5.74, 6) is 0.160. The Morgan fingerprint density at radius 3 is 2.65 bits per heavy atom. The molecule has 0 unspecified atom stereocenters. The van der Waals surface area contributed by atoms with Crippen molar-refractivity contribution in [1.29, 1.82) is 5.26 Å². The highest BCUT2D eigenvalue weighted by atomic mass is 19.1. The van der Waals surface area contributed by atoms with Crippen LogP contribution in [0.2, 0.25) is 0 Å². The van der Waals surface area contributed by atoms with Crippen LogP contribution in [-0.2, 0) is 10.4 Å². The molecule has 0 aromatic carbocycles. The summed E-state index contributed by atoms with van der Waals surface area (Å²) in [6.45, 7) is 7.24. The van der Waals surface area contributed by atoms with Crippen molar-refractivity contribution in [3.8, 4) is 17.2 Å². The van der Waals surface area contributed by atoms with E-state index in [0.717, 1.165) is 11.3 Å². The third-order valence-electron chi connectivity index (χ3n) is 5.63. The van der Waals surface area contributed by atoms with E-state index < -0.39 is 11.6 Å². The minimum absolute atomic E-state index is 0.105. The lowest BCUT2D eigenvalue weighted by Gasteiger charge is -2.28. The van der Waals surface area contributed by atoms with Crippen LogP contribution in [0.15, 0.2) is 42.9 Å². The Morgan fingerprint density at radius 2 is 1.94 bits per heavy atom. The number of hydrogen-bond donors (Lipinski definition) is 1. The molecule has 0 saturated carbocycles. The highest BCUT2D eigenvalue weighted by Crippen LogP contribution is 2.29. The summed E-state index contributed by atoms with van der Waals surface area (Å²) in [6, 6.07) is 8.77. The fourth-order valence-electron chi connectivity index (χ4n) is 3.73. The van der Waals surface area contributed by atoms with Crippen LogP contribution < -0.4 is 10.2 Å². The number of halogens is 1. The van der Waals surface area contributed by atoms with Crippen LogP contribution in [0.1, 0.15) is 41.2 Å². The van der Waals surface area contributed by atoms with Gasteiger partial charge in [-0.3, -0.25) is 14.8 Å². The molecule has 0 bridgehead atoms. The van der Waals surface area contributed by atoms with Gasteiger partial charge in [-0.05, 0) is 50.6 Å². The Morgan fingerprint density at radius 1 is 1.18 bits per heavy atom. The van der Waals surface area contributed by atoms with Gasteiger partial charge in [-0.15, -0.1) is 0 Å². The molecule has 1 saturated heterocycles. The standard InChI is InChI=1S/C25H25FN6O2/c1-16-21(18-10-17(13-27)23(30-14-18)32-6-8-34-9-7-32)12-20(15-29-16)31-24(33)22-11-19(4-5-28-22)25(2,3)26/h4-5,10-12,14-15H,6-9H2,1-3H3,(H,31,33). The van der Waals surface area contributed by atoms with Crippen LogP contribution in [0.3, 0.4) is 0 Å². The molecule has 0 spiro atoms. The maximum atomic E-state index is 14.3. The molecule has 0 atom stereocenters. The van der Waals surface area contributed by atoms with Crippen LogP contribution in [0.25, 0.3) is 11.1 Å². The second kappa shape index (κ2) is 9.53. The maximum absolute atomic E-state index is 14.3. The van der Waals surface area contributed by atoms with Gasteiger partial charge in [0.2, 0.25) is 0 Å². The SMILES string of the molecule is Cc1ncc(NC(=O)c2cc(C(C)(C)F)ccn2)cc1-c1cnc(N2CCOCC2)c(C#N)c1. The normalized spacial score (nSPS) is 13.9. The van der Waals surface area contributed by atoms with Gasteiger partial charge in [-0.25, -0.2) is 9.37 Å². The zero-order chi connectivity index (χ0) is 24.3. The van der Waals surface area contributed by atoms with Crippen LogP contribution in [0.5, 0.6) is 0 Å². The number of nitrogens with one attached hydrogen (secondary N) is 1. The molecule has 0 radical (unpaired) electrons. The molecule has 1 aliphatic heterocycles. The van der Waals surface area contributed by atoms with Gasteiger partial charge in [-0.1, -0.05) is 0 Å². The molecule has 3 aromatic rings. The molecule has 1 N–H and O–H groups in total. The van der Waals surface area contributed by atoms with Crippen molar-refractivity contribution in [2.24, 2.45) is 0 Å². The number of amides is 1.